The van der Waals surface area contributed by atoms with E-state index in [1.54, 1.807) is 43.5 Å². The third-order valence-corrected chi connectivity index (χ3v) is 7.48. The molecule has 1 amide bonds. The van der Waals surface area contributed by atoms with E-state index in [4.69, 9.17) is 4.74 Å². The van der Waals surface area contributed by atoms with Crippen LogP contribution in [-0.2, 0) is 14.8 Å². The molecule has 0 unspecified atom stereocenters. The van der Waals surface area contributed by atoms with Crippen LogP contribution in [0, 0.1) is 17.8 Å². The van der Waals surface area contributed by atoms with Crippen molar-refractivity contribution in [2.75, 3.05) is 17.1 Å². The van der Waals surface area contributed by atoms with Crippen LogP contribution in [0.15, 0.2) is 53.4 Å². The number of nitrogens with one attached hydrogen (secondary N) is 2. The van der Waals surface area contributed by atoms with Crippen molar-refractivity contribution < 1.29 is 17.9 Å². The van der Waals surface area contributed by atoms with Gasteiger partial charge in [0.25, 0.3) is 10.0 Å². The summed E-state index contributed by atoms with van der Waals surface area (Å²) in [6, 6.07) is 13.0. The molecule has 4 rings (SSSR count). The second-order valence-corrected chi connectivity index (χ2v) is 9.73. The van der Waals surface area contributed by atoms with Gasteiger partial charge in [-0.05, 0) is 79.5 Å². The number of rotatable bonds is 7. The zero-order chi connectivity index (χ0) is 20.4. The molecule has 0 aromatic heterocycles. The van der Waals surface area contributed by atoms with Gasteiger partial charge in [0.05, 0.1) is 12.0 Å². The predicted molar refractivity (Wildman–Crippen MR) is 112 cm³/mol. The van der Waals surface area contributed by atoms with Crippen molar-refractivity contribution in [3.63, 3.8) is 0 Å². The van der Waals surface area contributed by atoms with Gasteiger partial charge in [0.2, 0.25) is 5.91 Å². The number of sulfonamides is 1. The Morgan fingerprint density at radius 3 is 2.52 bits per heavy atom. The lowest BCUT2D eigenvalue weighted by Crippen LogP contribution is -2.20. The fourth-order valence-electron chi connectivity index (χ4n) is 4.69. The third-order valence-electron chi connectivity index (χ3n) is 6.10. The van der Waals surface area contributed by atoms with Crippen LogP contribution < -0.4 is 14.8 Å². The minimum absolute atomic E-state index is 0.0415. The number of ether oxygens (including phenoxy) is 1. The largest absolute Gasteiger partial charge is 0.497 e. The van der Waals surface area contributed by atoms with Crippen molar-refractivity contribution in [2.45, 2.75) is 37.0 Å². The van der Waals surface area contributed by atoms with Gasteiger partial charge >= 0.3 is 0 Å². The fourth-order valence-corrected chi connectivity index (χ4v) is 5.79. The summed E-state index contributed by atoms with van der Waals surface area (Å²) in [5, 5.41) is 2.87. The molecule has 29 heavy (non-hydrogen) atoms. The van der Waals surface area contributed by atoms with E-state index in [0.717, 1.165) is 12.3 Å². The molecule has 2 N–H and O–H groups in total. The first-order chi connectivity index (χ1) is 13.9. The average Bonchev–Trinajstić information content (AvgIpc) is 3.31. The highest BCUT2D eigenvalue weighted by atomic mass is 32.2. The number of fused-ring (bicyclic) bond motifs is 2. The molecule has 2 bridgehead atoms. The summed E-state index contributed by atoms with van der Waals surface area (Å²) < 4.78 is 33.0. The average molecular weight is 415 g/mol. The van der Waals surface area contributed by atoms with Gasteiger partial charge in [-0.1, -0.05) is 12.5 Å². The van der Waals surface area contributed by atoms with Crippen molar-refractivity contribution in [3.8, 4) is 5.75 Å². The van der Waals surface area contributed by atoms with E-state index in [-0.39, 0.29) is 10.8 Å². The molecule has 0 heterocycles. The Morgan fingerprint density at radius 1 is 1.07 bits per heavy atom. The number of hydrogen-bond acceptors (Lipinski definition) is 4. The molecule has 2 aliphatic carbocycles. The number of carbonyl (C=O) groups excluding carboxylic acids is 1. The van der Waals surface area contributed by atoms with Crippen LogP contribution in [0.3, 0.4) is 0 Å². The van der Waals surface area contributed by atoms with E-state index in [1.807, 2.05) is 0 Å². The van der Waals surface area contributed by atoms with Crippen LogP contribution in [0.5, 0.6) is 5.75 Å². The predicted octanol–water partition coefficient (Wildman–Crippen LogP) is 4.26. The van der Waals surface area contributed by atoms with E-state index >= 15 is 0 Å². The number of methoxy groups -OCH3 is 1. The lowest BCUT2D eigenvalue weighted by molar-refractivity contribution is -0.117. The molecule has 0 aliphatic heterocycles. The van der Waals surface area contributed by atoms with Gasteiger partial charge in [-0.25, -0.2) is 8.42 Å². The third kappa shape index (κ3) is 4.56. The van der Waals surface area contributed by atoms with Gasteiger partial charge in [0.1, 0.15) is 5.75 Å². The highest BCUT2D eigenvalue weighted by Gasteiger charge is 2.40. The van der Waals surface area contributed by atoms with Crippen LogP contribution in [0.2, 0.25) is 0 Å². The zero-order valence-corrected chi connectivity index (χ0v) is 17.2. The van der Waals surface area contributed by atoms with Crippen LogP contribution in [0.25, 0.3) is 0 Å². The van der Waals surface area contributed by atoms with E-state index in [1.165, 1.54) is 31.4 Å². The summed E-state index contributed by atoms with van der Waals surface area (Å²) in [5.41, 5.74) is 0.937. The Hall–Kier alpha value is -2.54. The Balaban J connectivity index is 1.41. The molecular formula is C22H26N2O4S. The maximum Gasteiger partial charge on any atom is 0.261 e. The van der Waals surface area contributed by atoms with Crippen molar-refractivity contribution in [2.24, 2.45) is 17.8 Å². The second kappa shape index (κ2) is 8.06. The van der Waals surface area contributed by atoms with Crippen molar-refractivity contribution in [3.05, 3.63) is 48.5 Å². The summed E-state index contributed by atoms with van der Waals surface area (Å²) >= 11 is 0. The number of carbonyl (C=O) groups is 1. The van der Waals surface area contributed by atoms with E-state index in [2.05, 4.69) is 10.0 Å². The van der Waals surface area contributed by atoms with E-state index in [0.29, 0.717) is 35.4 Å². The lowest BCUT2D eigenvalue weighted by atomic mass is 9.86. The molecule has 2 saturated carbocycles. The van der Waals surface area contributed by atoms with Crippen LogP contribution in [-0.4, -0.2) is 21.4 Å². The molecule has 2 aromatic rings. The topological polar surface area (TPSA) is 84.5 Å². The van der Waals surface area contributed by atoms with Gasteiger partial charge in [-0.2, -0.15) is 0 Å². The van der Waals surface area contributed by atoms with Crippen molar-refractivity contribution in [1.82, 2.24) is 0 Å². The normalized spacial score (nSPS) is 23.0. The van der Waals surface area contributed by atoms with E-state index < -0.39 is 10.0 Å². The van der Waals surface area contributed by atoms with Crippen LogP contribution >= 0.6 is 0 Å². The standard InChI is InChI=1S/C22H26N2O4S/c1-28-20-9-7-18(8-10-20)24-29(26,27)21-4-2-3-19(14-21)23-22(25)13-17-12-15-5-6-16(17)11-15/h2-4,7-10,14-17,24H,5-6,11-13H2,1H3,(H,23,25)/t15-,16+,17+/m0/s1. The molecule has 154 valence electrons. The maximum atomic E-state index is 12.7. The highest BCUT2D eigenvalue weighted by Crippen LogP contribution is 2.49. The Morgan fingerprint density at radius 2 is 1.86 bits per heavy atom. The molecule has 2 aliphatic rings. The van der Waals surface area contributed by atoms with Gasteiger partial charge in [-0.15, -0.1) is 0 Å². The monoisotopic (exact) mass is 414 g/mol. The number of anilines is 2. The summed E-state index contributed by atoms with van der Waals surface area (Å²) in [4.78, 5) is 12.6. The molecular weight excluding hydrogens is 388 g/mol. The summed E-state index contributed by atoms with van der Waals surface area (Å²) in [6.07, 6.45) is 5.49. The van der Waals surface area contributed by atoms with Gasteiger partial charge < -0.3 is 10.1 Å². The Labute approximate surface area is 171 Å². The lowest BCUT2D eigenvalue weighted by Gasteiger charge is -2.21. The quantitative estimate of drug-likeness (QED) is 0.709. The zero-order valence-electron chi connectivity index (χ0n) is 16.4. The van der Waals surface area contributed by atoms with Crippen LogP contribution in [0.4, 0.5) is 11.4 Å². The second-order valence-electron chi connectivity index (χ2n) is 8.05. The molecule has 2 fully saturated rings. The van der Waals surface area contributed by atoms with E-state index in [9.17, 15) is 13.2 Å². The number of benzene rings is 2. The molecule has 6 nitrogen and oxygen atoms in total. The molecule has 0 spiro atoms. The molecule has 2 aromatic carbocycles. The van der Waals surface area contributed by atoms with Gasteiger partial charge in [0.15, 0.2) is 0 Å². The SMILES string of the molecule is COc1ccc(NS(=O)(=O)c2cccc(NC(=O)C[C@H]3C[C@H]4CC[C@@H]3C4)c2)cc1. The molecule has 0 radical (unpaired) electrons. The van der Waals surface area contributed by atoms with Crippen molar-refractivity contribution >= 4 is 27.3 Å². The van der Waals surface area contributed by atoms with Crippen molar-refractivity contribution in [1.29, 1.82) is 0 Å². The fraction of sp³-hybridized carbons (Fsp3) is 0.409. The smallest absolute Gasteiger partial charge is 0.261 e. The Bertz CT molecular complexity index is 988. The molecule has 3 atom stereocenters. The molecule has 7 heteroatoms. The van der Waals surface area contributed by atoms with Gasteiger partial charge in [0, 0.05) is 17.8 Å². The highest BCUT2D eigenvalue weighted by molar-refractivity contribution is 7.92. The summed E-state index contributed by atoms with van der Waals surface area (Å²) in [7, 11) is -2.21. The summed E-state index contributed by atoms with van der Waals surface area (Å²) in [6.45, 7) is 0. The minimum Gasteiger partial charge on any atom is -0.497 e. The Kier molecular flexibility index (Phi) is 5.50. The number of hydrogen-bond donors (Lipinski definition) is 2. The maximum absolute atomic E-state index is 12.7. The first-order valence-corrected chi connectivity index (χ1v) is 11.5. The van der Waals surface area contributed by atoms with Crippen LogP contribution in [0.1, 0.15) is 32.1 Å². The summed E-state index contributed by atoms with van der Waals surface area (Å²) in [5.74, 6) is 2.56. The molecule has 0 saturated heterocycles. The number of amides is 1. The first-order valence-electron chi connectivity index (χ1n) is 10.00. The minimum atomic E-state index is -3.76. The van der Waals surface area contributed by atoms with Gasteiger partial charge in [-0.3, -0.25) is 9.52 Å². The first kappa shape index (κ1) is 19.8.